The summed E-state index contributed by atoms with van der Waals surface area (Å²) in [6.07, 6.45) is 5.11. The first kappa shape index (κ1) is 13.0. The van der Waals surface area contributed by atoms with Gasteiger partial charge in [-0.25, -0.2) is 0 Å². The van der Waals surface area contributed by atoms with E-state index in [9.17, 15) is 10.1 Å². The van der Waals surface area contributed by atoms with Crippen LogP contribution in [-0.2, 0) is 6.54 Å². The first-order valence-electron chi connectivity index (χ1n) is 6.64. The van der Waals surface area contributed by atoms with Crippen LogP contribution in [0, 0.1) is 17.0 Å². The summed E-state index contributed by atoms with van der Waals surface area (Å²) >= 11 is 0. The molecule has 1 saturated heterocycles. The fourth-order valence-electron chi connectivity index (χ4n) is 2.57. The Morgan fingerprint density at radius 1 is 1.22 bits per heavy atom. The molecule has 1 fully saturated rings. The largest absolute Gasteiger partial charge is 0.299 e. The topological polar surface area (TPSA) is 46.4 Å². The predicted octanol–water partition coefficient (Wildman–Crippen LogP) is 3.28. The molecule has 98 valence electrons. The van der Waals surface area contributed by atoms with Crippen molar-refractivity contribution in [2.24, 2.45) is 0 Å². The summed E-state index contributed by atoms with van der Waals surface area (Å²) in [5.41, 5.74) is 2.14. The van der Waals surface area contributed by atoms with Crippen LogP contribution in [0.25, 0.3) is 0 Å². The predicted molar refractivity (Wildman–Crippen MR) is 71.6 cm³/mol. The van der Waals surface area contributed by atoms with E-state index in [4.69, 9.17) is 0 Å². The third kappa shape index (κ3) is 3.07. The Bertz CT molecular complexity index is 424. The van der Waals surface area contributed by atoms with E-state index < -0.39 is 0 Å². The van der Waals surface area contributed by atoms with E-state index in [1.165, 1.54) is 25.7 Å². The highest BCUT2D eigenvalue weighted by Gasteiger charge is 2.16. The lowest BCUT2D eigenvalue weighted by Gasteiger charge is -2.20. The highest BCUT2D eigenvalue weighted by molar-refractivity contribution is 5.44. The van der Waals surface area contributed by atoms with Crippen LogP contribution >= 0.6 is 0 Å². The van der Waals surface area contributed by atoms with Gasteiger partial charge in [0.15, 0.2) is 0 Å². The fourth-order valence-corrected chi connectivity index (χ4v) is 2.57. The number of rotatable bonds is 3. The Morgan fingerprint density at radius 2 is 1.89 bits per heavy atom. The van der Waals surface area contributed by atoms with Crippen molar-refractivity contribution in [3.8, 4) is 0 Å². The lowest BCUT2D eigenvalue weighted by molar-refractivity contribution is -0.385. The van der Waals surface area contributed by atoms with Gasteiger partial charge in [-0.2, -0.15) is 0 Å². The molecule has 18 heavy (non-hydrogen) atoms. The maximum Gasteiger partial charge on any atom is 0.272 e. The first-order chi connectivity index (χ1) is 8.68. The summed E-state index contributed by atoms with van der Waals surface area (Å²) in [5.74, 6) is 0. The Hall–Kier alpha value is -1.42. The molecular formula is C14H20N2O2. The lowest BCUT2D eigenvalue weighted by atomic mass is 10.1. The van der Waals surface area contributed by atoms with Crippen LogP contribution in [0.2, 0.25) is 0 Å². The normalized spacial score (nSPS) is 17.4. The summed E-state index contributed by atoms with van der Waals surface area (Å²) in [7, 11) is 0. The number of nitro groups is 1. The van der Waals surface area contributed by atoms with Crippen molar-refractivity contribution in [1.29, 1.82) is 0 Å². The zero-order valence-electron chi connectivity index (χ0n) is 10.9. The number of hydrogen-bond acceptors (Lipinski definition) is 3. The van der Waals surface area contributed by atoms with Gasteiger partial charge in [-0.3, -0.25) is 15.0 Å². The van der Waals surface area contributed by atoms with Gasteiger partial charge in [-0.05, 0) is 38.4 Å². The first-order valence-corrected chi connectivity index (χ1v) is 6.64. The minimum absolute atomic E-state index is 0.238. The van der Waals surface area contributed by atoms with Crippen LogP contribution in [0.15, 0.2) is 18.2 Å². The summed E-state index contributed by atoms with van der Waals surface area (Å²) in [5, 5.41) is 10.9. The van der Waals surface area contributed by atoms with Gasteiger partial charge in [0.05, 0.1) is 4.92 Å². The van der Waals surface area contributed by atoms with Gasteiger partial charge in [0.25, 0.3) is 5.69 Å². The van der Waals surface area contributed by atoms with Crippen LogP contribution in [0.3, 0.4) is 0 Å². The molecule has 0 aliphatic carbocycles. The van der Waals surface area contributed by atoms with Crippen LogP contribution in [-0.4, -0.2) is 22.9 Å². The van der Waals surface area contributed by atoms with Crippen molar-refractivity contribution in [3.63, 3.8) is 0 Å². The number of nitro benzene ring substituents is 1. The van der Waals surface area contributed by atoms with Crippen molar-refractivity contribution in [3.05, 3.63) is 39.4 Å². The van der Waals surface area contributed by atoms with Crippen molar-refractivity contribution in [2.45, 2.75) is 39.2 Å². The third-order valence-electron chi connectivity index (χ3n) is 3.71. The Morgan fingerprint density at radius 3 is 2.50 bits per heavy atom. The van der Waals surface area contributed by atoms with Crippen molar-refractivity contribution >= 4 is 5.69 Å². The number of nitrogens with zero attached hydrogens (tertiary/aromatic N) is 2. The third-order valence-corrected chi connectivity index (χ3v) is 3.71. The molecule has 0 amide bonds. The second kappa shape index (κ2) is 5.96. The molecule has 0 saturated carbocycles. The summed E-state index contributed by atoms with van der Waals surface area (Å²) in [4.78, 5) is 13.0. The zero-order valence-corrected chi connectivity index (χ0v) is 10.9. The molecule has 1 aliphatic rings. The summed E-state index contributed by atoms with van der Waals surface area (Å²) in [6.45, 7) is 4.92. The maximum atomic E-state index is 10.9. The Balaban J connectivity index is 2.13. The van der Waals surface area contributed by atoms with Crippen LogP contribution in [0.5, 0.6) is 0 Å². The molecular weight excluding hydrogens is 228 g/mol. The molecule has 0 bridgehead atoms. The van der Waals surface area contributed by atoms with Crippen LogP contribution in [0.4, 0.5) is 5.69 Å². The SMILES string of the molecule is Cc1c(CN2CCCCCC2)cccc1[N+](=O)[O-]. The van der Waals surface area contributed by atoms with Crippen LogP contribution < -0.4 is 0 Å². The van der Waals surface area contributed by atoms with Crippen molar-refractivity contribution in [2.75, 3.05) is 13.1 Å². The van der Waals surface area contributed by atoms with E-state index in [-0.39, 0.29) is 10.6 Å². The fraction of sp³-hybridized carbons (Fsp3) is 0.571. The molecule has 1 aromatic rings. The molecule has 4 heteroatoms. The van der Waals surface area contributed by atoms with Gasteiger partial charge in [-0.1, -0.05) is 25.0 Å². The van der Waals surface area contributed by atoms with E-state index >= 15 is 0 Å². The molecule has 0 radical (unpaired) electrons. The second-order valence-electron chi connectivity index (χ2n) is 5.01. The average molecular weight is 248 g/mol. The molecule has 1 aromatic carbocycles. The lowest BCUT2D eigenvalue weighted by Crippen LogP contribution is -2.24. The minimum Gasteiger partial charge on any atom is -0.299 e. The number of benzene rings is 1. The van der Waals surface area contributed by atoms with E-state index in [0.717, 1.165) is 30.8 Å². The van der Waals surface area contributed by atoms with Gasteiger partial charge < -0.3 is 0 Å². The van der Waals surface area contributed by atoms with Gasteiger partial charge in [0.1, 0.15) is 0 Å². The van der Waals surface area contributed by atoms with E-state index in [2.05, 4.69) is 4.90 Å². The van der Waals surface area contributed by atoms with E-state index in [0.29, 0.717) is 0 Å². The monoisotopic (exact) mass is 248 g/mol. The Labute approximate surface area is 108 Å². The molecule has 0 unspecified atom stereocenters. The van der Waals surface area contributed by atoms with Crippen molar-refractivity contribution < 1.29 is 4.92 Å². The maximum absolute atomic E-state index is 10.9. The molecule has 1 aliphatic heterocycles. The number of hydrogen-bond donors (Lipinski definition) is 0. The molecule has 1 heterocycles. The van der Waals surface area contributed by atoms with E-state index in [1.54, 1.807) is 12.1 Å². The standard InChI is InChI=1S/C14H20N2O2/c1-12-13(7-6-8-14(12)16(17)18)11-15-9-4-2-3-5-10-15/h6-8H,2-5,9-11H2,1H3. The summed E-state index contributed by atoms with van der Waals surface area (Å²) in [6, 6.07) is 5.38. The highest BCUT2D eigenvalue weighted by Crippen LogP contribution is 2.23. The minimum atomic E-state index is -0.290. The smallest absolute Gasteiger partial charge is 0.272 e. The molecule has 0 atom stereocenters. The number of likely N-dealkylation sites (tertiary alicyclic amines) is 1. The van der Waals surface area contributed by atoms with Gasteiger partial charge >= 0.3 is 0 Å². The summed E-state index contributed by atoms with van der Waals surface area (Å²) < 4.78 is 0. The molecule has 4 nitrogen and oxygen atoms in total. The van der Waals surface area contributed by atoms with Crippen LogP contribution in [0.1, 0.15) is 36.8 Å². The zero-order chi connectivity index (χ0) is 13.0. The average Bonchev–Trinajstić information content (AvgIpc) is 2.60. The Kier molecular flexibility index (Phi) is 4.31. The second-order valence-corrected chi connectivity index (χ2v) is 5.01. The molecule has 0 aromatic heterocycles. The highest BCUT2D eigenvalue weighted by atomic mass is 16.6. The van der Waals surface area contributed by atoms with Crippen molar-refractivity contribution in [1.82, 2.24) is 4.90 Å². The van der Waals surface area contributed by atoms with Gasteiger partial charge in [-0.15, -0.1) is 0 Å². The molecule has 0 N–H and O–H groups in total. The van der Waals surface area contributed by atoms with Gasteiger partial charge in [0, 0.05) is 18.2 Å². The van der Waals surface area contributed by atoms with Gasteiger partial charge in [0.2, 0.25) is 0 Å². The quantitative estimate of drug-likeness (QED) is 0.609. The van der Waals surface area contributed by atoms with E-state index in [1.807, 2.05) is 13.0 Å². The molecule has 0 spiro atoms. The molecule has 2 rings (SSSR count).